The highest BCUT2D eigenvalue weighted by atomic mass is 35.5. The Hall–Kier alpha value is -2.28. The van der Waals surface area contributed by atoms with Crippen LogP contribution in [-0.2, 0) is 0 Å². The lowest BCUT2D eigenvalue weighted by molar-refractivity contribution is 0.0955. The number of carbonyl (C=O) groups excluding carboxylic acids is 1. The number of halogens is 1. The van der Waals surface area contributed by atoms with Crippen LogP contribution < -0.4 is 5.43 Å². The van der Waals surface area contributed by atoms with Gasteiger partial charge in [0.2, 0.25) is 0 Å². The normalized spacial score (nSPS) is 9.45. The summed E-state index contributed by atoms with van der Waals surface area (Å²) in [4.78, 5) is 15.8. The molecular weight excluding hydrogens is 282 g/mol. The van der Waals surface area contributed by atoms with Crippen molar-refractivity contribution in [1.29, 1.82) is 0 Å². The number of hydrazone groups is 1. The van der Waals surface area contributed by atoms with Crippen molar-refractivity contribution in [3.05, 3.63) is 64.9 Å². The smallest absolute Gasteiger partial charge is 0.272 e. The summed E-state index contributed by atoms with van der Waals surface area (Å²) in [5.41, 5.74) is 3.44. The van der Waals surface area contributed by atoms with Gasteiger partial charge in [0, 0.05) is 6.20 Å². The van der Waals surface area contributed by atoms with Gasteiger partial charge in [-0.25, -0.2) is 5.43 Å². The third-order valence-corrected chi connectivity index (χ3v) is 2.50. The highest BCUT2D eigenvalue weighted by Gasteiger charge is 2.07. The third kappa shape index (κ3) is 4.77. The first-order valence-electron chi connectivity index (χ1n) is 5.26. The molecule has 0 bridgehead atoms. The van der Waals surface area contributed by atoms with Gasteiger partial charge in [-0.1, -0.05) is 29.8 Å². The molecule has 106 valence electrons. The molecule has 1 aromatic carbocycles. The van der Waals surface area contributed by atoms with E-state index in [1.54, 1.807) is 42.6 Å². The summed E-state index contributed by atoms with van der Waals surface area (Å²) in [6.45, 7) is 0. The molecule has 5 N–H and O–H groups in total. The van der Waals surface area contributed by atoms with Crippen LogP contribution in [0.5, 0.6) is 0 Å². The van der Waals surface area contributed by atoms with Gasteiger partial charge in [-0.05, 0) is 24.3 Å². The summed E-state index contributed by atoms with van der Waals surface area (Å²) in [7, 11) is 0. The fourth-order valence-corrected chi connectivity index (χ4v) is 1.54. The molecule has 7 heteroatoms. The molecule has 6 nitrogen and oxygen atoms in total. The lowest BCUT2D eigenvalue weighted by Crippen LogP contribution is -2.18. The third-order valence-electron chi connectivity index (χ3n) is 2.17. The van der Waals surface area contributed by atoms with Gasteiger partial charge in [-0.3, -0.25) is 9.78 Å². The average Bonchev–Trinajstić information content (AvgIpc) is 2.40. The van der Waals surface area contributed by atoms with Crippen molar-refractivity contribution in [3.8, 4) is 0 Å². The summed E-state index contributed by atoms with van der Waals surface area (Å²) in [5.74, 6) is -0.354. The quantitative estimate of drug-likeness (QED) is 0.667. The molecule has 0 aliphatic rings. The molecular formula is C13H14ClN3O3. The Kier molecular flexibility index (Phi) is 7.76. The van der Waals surface area contributed by atoms with Crippen LogP contribution >= 0.6 is 11.6 Å². The molecule has 0 saturated heterocycles. The van der Waals surface area contributed by atoms with Crippen molar-refractivity contribution in [1.82, 2.24) is 10.4 Å². The van der Waals surface area contributed by atoms with Crippen molar-refractivity contribution >= 4 is 23.7 Å². The molecule has 0 spiro atoms. The van der Waals surface area contributed by atoms with E-state index in [2.05, 4.69) is 15.5 Å². The standard InChI is InChI=1S/C13H10ClN3O.2H2O/c14-12-7-2-1-6-11(12)13(18)17-16-9-10-5-3-4-8-15-10;;/h1-9H,(H,17,18);2*1H2/b16-9+;;. The van der Waals surface area contributed by atoms with Crippen LogP contribution in [0, 0.1) is 0 Å². The number of hydrogen-bond acceptors (Lipinski definition) is 3. The van der Waals surface area contributed by atoms with Crippen LogP contribution in [-0.4, -0.2) is 28.1 Å². The molecule has 1 aromatic heterocycles. The second-order valence-corrected chi connectivity index (χ2v) is 3.84. The first kappa shape index (κ1) is 17.7. The molecule has 2 aromatic rings. The Labute approximate surface area is 120 Å². The first-order valence-corrected chi connectivity index (χ1v) is 5.64. The van der Waals surface area contributed by atoms with Crippen molar-refractivity contribution < 1.29 is 15.7 Å². The number of carbonyl (C=O) groups is 1. The van der Waals surface area contributed by atoms with E-state index in [0.717, 1.165) is 0 Å². The minimum atomic E-state index is -0.354. The number of hydrogen-bond donors (Lipinski definition) is 1. The maximum atomic E-state index is 11.7. The van der Waals surface area contributed by atoms with Crippen molar-refractivity contribution in [2.75, 3.05) is 0 Å². The lowest BCUT2D eigenvalue weighted by Gasteiger charge is -2.01. The Morgan fingerprint density at radius 3 is 2.50 bits per heavy atom. The summed E-state index contributed by atoms with van der Waals surface area (Å²) < 4.78 is 0. The number of pyridine rings is 1. The van der Waals surface area contributed by atoms with Crippen molar-refractivity contribution in [2.45, 2.75) is 0 Å². The molecule has 0 aliphatic heterocycles. The maximum absolute atomic E-state index is 11.7. The maximum Gasteiger partial charge on any atom is 0.272 e. The predicted octanol–water partition coefficient (Wildman–Crippen LogP) is 0.849. The highest BCUT2D eigenvalue weighted by Crippen LogP contribution is 2.14. The second kappa shape index (κ2) is 8.76. The Balaban J connectivity index is 0.00000180. The SMILES string of the molecule is O.O.O=C(N/N=C/c1ccccn1)c1ccccc1Cl. The Morgan fingerprint density at radius 2 is 1.85 bits per heavy atom. The summed E-state index contributed by atoms with van der Waals surface area (Å²) in [5, 5.41) is 4.21. The van der Waals surface area contributed by atoms with Crippen LogP contribution in [0.1, 0.15) is 16.1 Å². The molecule has 0 aliphatic carbocycles. The van der Waals surface area contributed by atoms with E-state index in [1.807, 2.05) is 6.07 Å². The molecule has 0 saturated carbocycles. The zero-order valence-electron chi connectivity index (χ0n) is 10.4. The average molecular weight is 296 g/mol. The van der Waals surface area contributed by atoms with Gasteiger partial charge in [0.1, 0.15) is 0 Å². The van der Waals surface area contributed by atoms with E-state index < -0.39 is 0 Å². The number of nitrogens with zero attached hydrogens (tertiary/aromatic N) is 2. The number of amides is 1. The Morgan fingerprint density at radius 1 is 1.15 bits per heavy atom. The van der Waals surface area contributed by atoms with Gasteiger partial charge < -0.3 is 11.0 Å². The highest BCUT2D eigenvalue weighted by molar-refractivity contribution is 6.33. The minimum Gasteiger partial charge on any atom is -0.412 e. The summed E-state index contributed by atoms with van der Waals surface area (Å²) in [6, 6.07) is 12.2. The lowest BCUT2D eigenvalue weighted by atomic mass is 10.2. The van der Waals surface area contributed by atoms with Crippen molar-refractivity contribution in [2.24, 2.45) is 5.10 Å². The molecule has 2 rings (SSSR count). The van der Waals surface area contributed by atoms with Gasteiger partial charge in [-0.2, -0.15) is 5.10 Å². The van der Waals surface area contributed by atoms with E-state index >= 15 is 0 Å². The number of rotatable bonds is 3. The van der Waals surface area contributed by atoms with Crippen molar-refractivity contribution in [3.63, 3.8) is 0 Å². The zero-order valence-corrected chi connectivity index (χ0v) is 11.1. The monoisotopic (exact) mass is 295 g/mol. The van der Waals surface area contributed by atoms with Gasteiger partial charge in [-0.15, -0.1) is 0 Å². The Bertz CT molecular complexity index is 576. The molecule has 0 atom stereocenters. The molecule has 0 unspecified atom stereocenters. The van der Waals surface area contributed by atoms with Crippen LogP contribution in [0.2, 0.25) is 5.02 Å². The zero-order chi connectivity index (χ0) is 12.8. The van der Waals surface area contributed by atoms with E-state index in [-0.39, 0.29) is 16.9 Å². The largest absolute Gasteiger partial charge is 0.412 e. The second-order valence-electron chi connectivity index (χ2n) is 3.43. The van der Waals surface area contributed by atoms with E-state index in [1.165, 1.54) is 6.21 Å². The van der Waals surface area contributed by atoms with E-state index in [4.69, 9.17) is 11.6 Å². The van der Waals surface area contributed by atoms with Gasteiger partial charge in [0.05, 0.1) is 22.5 Å². The van der Waals surface area contributed by atoms with Gasteiger partial charge in [0.25, 0.3) is 5.91 Å². The van der Waals surface area contributed by atoms with Gasteiger partial charge >= 0.3 is 0 Å². The topological polar surface area (TPSA) is 117 Å². The van der Waals surface area contributed by atoms with Crippen LogP contribution in [0.25, 0.3) is 0 Å². The van der Waals surface area contributed by atoms with Crippen LogP contribution in [0.3, 0.4) is 0 Å². The predicted molar refractivity (Wildman–Crippen MR) is 78.0 cm³/mol. The summed E-state index contributed by atoms with van der Waals surface area (Å²) >= 11 is 5.89. The molecule has 0 fully saturated rings. The van der Waals surface area contributed by atoms with Gasteiger partial charge in [0.15, 0.2) is 0 Å². The molecule has 1 amide bonds. The number of aromatic nitrogens is 1. The van der Waals surface area contributed by atoms with Crippen LogP contribution in [0.15, 0.2) is 53.8 Å². The molecule has 0 radical (unpaired) electrons. The van der Waals surface area contributed by atoms with E-state index in [9.17, 15) is 4.79 Å². The number of nitrogens with one attached hydrogen (secondary N) is 1. The molecule has 1 heterocycles. The van der Waals surface area contributed by atoms with E-state index in [0.29, 0.717) is 16.3 Å². The fraction of sp³-hybridized carbons (Fsp3) is 0. The molecule has 20 heavy (non-hydrogen) atoms. The fourth-order valence-electron chi connectivity index (χ4n) is 1.31. The summed E-state index contributed by atoms with van der Waals surface area (Å²) in [6.07, 6.45) is 3.12. The first-order chi connectivity index (χ1) is 8.77. The minimum absolute atomic E-state index is 0. The van der Waals surface area contributed by atoms with Crippen LogP contribution in [0.4, 0.5) is 0 Å². The number of benzene rings is 1.